The molecule has 0 bridgehead atoms. The first kappa shape index (κ1) is 126. The Hall–Kier alpha value is -12.5. The number of nitrogens with one attached hydrogen (secondary N) is 17. The molecule has 1 fully saturated rings. The third-order valence-electron chi connectivity index (χ3n) is 23.4. The maximum absolute atomic E-state index is 14.9. The van der Waals surface area contributed by atoms with Crippen LogP contribution in [0.4, 0.5) is 0 Å². The standard InChI is InChI=1S/C87H151N23O31/c1-11-43(4)66(105-61(115)41-93-60(114)40-94-74(127)51(23-14-18-34-88)101-85(138)70(49(10)113)108-78(131)53(25-16-20-36-90)98-71(124)46(7)95-75(128)54(29-32-63(118)119)100-80(133)58(42-111)104-73(126)50(92)28-31-62(116)117)82(135)106-67(44(5)12-2)83(136)107-68(45(6)13-3)86(139)110-38-22-27-59(110)81(134)103-57(39-65(122)123)79(132)109-69(48(9)112)84(137)96-47(8)72(125)97-52(24-15-19-35-89)76(129)99-55(30-33-64(120)121)77(130)102-56(87(140)141)26-17-21-37-91/h43-59,66-70,111-113H,11-42,88-92H2,1-10H3,(H,93,114)(H,94,127)(H,95,128)(H,96,137)(H,97,125)(H,98,124)(H,99,129)(H,100,133)(H,101,138)(H,102,130)(H,103,134)(H,104,126)(H,105,115)(H,106,135)(H,107,136)(H,108,131)(H,109,132)(H,116,117)(H,118,119)(H,120,121)(H,122,123)(H,140,141)/t43-,44-,45-,46-,47-,48+,49+,50-,51-,52-,53-,54-,55-,56-,57-,58-,59-,66-,67-,68-,69-,70-/m0/s1. The first-order valence-corrected chi connectivity index (χ1v) is 47.4. The van der Waals surface area contributed by atoms with E-state index in [9.17, 15) is 146 Å². The smallest absolute Gasteiger partial charge is 0.326 e. The predicted molar refractivity (Wildman–Crippen MR) is 500 cm³/mol. The summed E-state index contributed by atoms with van der Waals surface area (Å²) in [6, 6.07) is -27.2. The summed E-state index contributed by atoms with van der Waals surface area (Å²) < 4.78 is 0. The SMILES string of the molecule is CC[C@H](C)[C@H](NC(=O)CNC(=O)CNC(=O)[C@H](CCCCN)NC(=O)[C@@H](NC(=O)[C@H](CCCCN)NC(=O)[C@H](C)NC(=O)[C@H](CCC(=O)O)NC(=O)[C@H](CO)NC(=O)[C@@H](N)CCC(=O)O)[C@@H](C)O)C(=O)N[C@H](C(=O)N[C@H](C(=O)N1CCC[C@H]1C(=O)N[C@@H](CC(=O)O)C(=O)N[C@H](C(=O)N[C@@H](C)C(=O)N[C@@H](CCCCN)C(=O)N[C@@H](CCC(=O)O)C(=O)N[C@@H](CCCCN)C(=O)O)[C@@H](C)O)[C@@H](C)CC)[C@@H](C)CC. The number of carbonyl (C=O) groups is 23. The lowest BCUT2D eigenvalue weighted by molar-refractivity contribution is -0.145. The Morgan fingerprint density at radius 1 is 0.326 bits per heavy atom. The molecule has 0 unspecified atom stereocenters. The minimum Gasteiger partial charge on any atom is -0.481 e. The van der Waals surface area contributed by atoms with Crippen LogP contribution in [0.3, 0.4) is 0 Å². The van der Waals surface area contributed by atoms with E-state index in [4.69, 9.17) is 33.8 Å². The van der Waals surface area contributed by atoms with Gasteiger partial charge in [-0.15, -0.1) is 0 Å². The summed E-state index contributed by atoms with van der Waals surface area (Å²) in [7, 11) is 0. The van der Waals surface area contributed by atoms with Crippen LogP contribution in [-0.4, -0.2) is 349 Å². The maximum atomic E-state index is 14.9. The second kappa shape index (κ2) is 67.0. The number of hydrogen-bond donors (Lipinski definition) is 30. The van der Waals surface area contributed by atoms with Gasteiger partial charge in [-0.05, 0) is 181 Å². The van der Waals surface area contributed by atoms with Gasteiger partial charge in [0.1, 0.15) is 96.7 Å². The number of amides is 18. The van der Waals surface area contributed by atoms with Gasteiger partial charge < -0.3 is 165 Å². The Morgan fingerprint density at radius 3 is 1.07 bits per heavy atom. The van der Waals surface area contributed by atoms with Crippen LogP contribution < -0.4 is 119 Å². The first-order chi connectivity index (χ1) is 66.3. The number of hydrogen-bond acceptors (Lipinski definition) is 31. The maximum Gasteiger partial charge on any atom is 0.326 e. The summed E-state index contributed by atoms with van der Waals surface area (Å²) >= 11 is 0. The molecule has 1 saturated heterocycles. The van der Waals surface area contributed by atoms with E-state index in [2.05, 4.69) is 90.4 Å². The highest BCUT2D eigenvalue weighted by Gasteiger charge is 2.45. The minimum atomic E-state index is -2.02. The van der Waals surface area contributed by atoms with Crippen molar-refractivity contribution in [3.8, 4) is 0 Å². The molecule has 35 N–H and O–H groups in total. The number of aliphatic hydroxyl groups excluding tert-OH is 3. The zero-order valence-corrected chi connectivity index (χ0v) is 81.6. The molecule has 0 saturated carbocycles. The van der Waals surface area contributed by atoms with Crippen LogP contribution >= 0.6 is 0 Å². The number of carboxylic acid groups (broad SMARTS) is 5. The Morgan fingerprint density at radius 2 is 0.652 bits per heavy atom. The number of aliphatic hydroxyl groups is 3. The van der Waals surface area contributed by atoms with Gasteiger partial charge in [-0.1, -0.05) is 60.8 Å². The zero-order valence-electron chi connectivity index (χ0n) is 81.6. The predicted octanol–water partition coefficient (Wildman–Crippen LogP) is -9.59. The van der Waals surface area contributed by atoms with Crippen molar-refractivity contribution in [3.63, 3.8) is 0 Å². The Labute approximate surface area is 816 Å². The van der Waals surface area contributed by atoms with Crippen molar-refractivity contribution in [1.82, 2.24) is 95.3 Å². The molecular weight excluding hydrogens is 1860 g/mol. The van der Waals surface area contributed by atoms with E-state index >= 15 is 0 Å². The Bertz CT molecular complexity index is 4190. The number of nitrogens with zero attached hydrogens (tertiary/aromatic N) is 1. The van der Waals surface area contributed by atoms with Crippen LogP contribution in [-0.2, 0) is 110 Å². The van der Waals surface area contributed by atoms with Gasteiger partial charge in [0, 0.05) is 25.8 Å². The van der Waals surface area contributed by atoms with Gasteiger partial charge in [0.25, 0.3) is 0 Å². The molecule has 0 aromatic rings. The summed E-state index contributed by atoms with van der Waals surface area (Å²) in [4.78, 5) is 309. The molecule has 1 heterocycles. The topological polar surface area (TPSA) is 892 Å². The molecule has 0 aliphatic carbocycles. The van der Waals surface area contributed by atoms with Crippen molar-refractivity contribution in [2.75, 3.05) is 52.4 Å². The van der Waals surface area contributed by atoms with Crippen LogP contribution in [0, 0.1) is 17.8 Å². The molecule has 18 amide bonds. The molecule has 0 aromatic carbocycles. The molecule has 1 aliphatic heterocycles. The van der Waals surface area contributed by atoms with Crippen molar-refractivity contribution in [3.05, 3.63) is 0 Å². The highest BCUT2D eigenvalue weighted by atomic mass is 16.4. The highest BCUT2D eigenvalue weighted by Crippen LogP contribution is 2.24. The van der Waals surface area contributed by atoms with Gasteiger partial charge >= 0.3 is 29.8 Å². The average molecular weight is 2020 g/mol. The van der Waals surface area contributed by atoms with Gasteiger partial charge in [0.05, 0.1) is 44.4 Å². The summed E-state index contributed by atoms with van der Waals surface area (Å²) in [6.07, 6.45) is -5.40. The summed E-state index contributed by atoms with van der Waals surface area (Å²) in [5.74, 6) is -28.0. The number of carbonyl (C=O) groups excluding carboxylic acids is 18. The van der Waals surface area contributed by atoms with Gasteiger partial charge in [0.15, 0.2) is 0 Å². The van der Waals surface area contributed by atoms with Crippen molar-refractivity contribution in [2.24, 2.45) is 46.4 Å². The number of aliphatic carboxylic acids is 5. The quantitative estimate of drug-likeness (QED) is 0.0251. The van der Waals surface area contributed by atoms with E-state index in [1.807, 2.05) is 0 Å². The first-order valence-electron chi connectivity index (χ1n) is 47.4. The fourth-order valence-electron chi connectivity index (χ4n) is 14.2. The summed E-state index contributed by atoms with van der Waals surface area (Å²) in [6.45, 7) is 12.2. The highest BCUT2D eigenvalue weighted by molar-refractivity contribution is 6.02. The van der Waals surface area contributed by atoms with Crippen molar-refractivity contribution < 1.29 is 151 Å². The van der Waals surface area contributed by atoms with E-state index in [0.717, 1.165) is 32.6 Å². The molecule has 22 atom stereocenters. The normalized spacial score (nSPS) is 16.7. The van der Waals surface area contributed by atoms with Crippen molar-refractivity contribution in [1.29, 1.82) is 0 Å². The van der Waals surface area contributed by atoms with Gasteiger partial charge in [0.2, 0.25) is 106 Å². The molecular formula is C87H151N23O31. The fourth-order valence-corrected chi connectivity index (χ4v) is 14.2. The van der Waals surface area contributed by atoms with Crippen LogP contribution in [0.5, 0.6) is 0 Å². The Balaban J connectivity index is 3.39. The lowest BCUT2D eigenvalue weighted by atomic mass is 9.93. The van der Waals surface area contributed by atoms with Crippen LogP contribution in [0.25, 0.3) is 0 Å². The van der Waals surface area contributed by atoms with Gasteiger partial charge in [-0.25, -0.2) is 4.79 Å². The molecule has 800 valence electrons. The summed E-state index contributed by atoms with van der Waals surface area (Å²) in [5, 5.41) is 120. The zero-order chi connectivity index (χ0) is 107. The number of nitrogens with two attached hydrogens (primary N) is 5. The molecule has 54 nitrogen and oxygen atoms in total. The van der Waals surface area contributed by atoms with E-state index in [1.54, 1.807) is 41.5 Å². The van der Waals surface area contributed by atoms with Gasteiger partial charge in [-0.2, -0.15) is 0 Å². The summed E-state index contributed by atoms with van der Waals surface area (Å²) in [5.41, 5.74) is 28.3. The van der Waals surface area contributed by atoms with E-state index in [-0.39, 0.29) is 116 Å². The third-order valence-corrected chi connectivity index (χ3v) is 23.4. The van der Waals surface area contributed by atoms with Crippen LogP contribution in [0.15, 0.2) is 0 Å². The number of carboxylic acids is 5. The number of unbranched alkanes of at least 4 members (excludes halogenated alkanes) is 4. The minimum absolute atomic E-state index is 0.0539. The second-order valence-corrected chi connectivity index (χ2v) is 34.9. The average Bonchev–Trinajstić information content (AvgIpc) is 1.65. The molecule has 1 aliphatic rings. The third kappa shape index (κ3) is 47.1. The molecule has 54 heteroatoms. The molecule has 141 heavy (non-hydrogen) atoms. The van der Waals surface area contributed by atoms with Gasteiger partial charge in [-0.3, -0.25) is 105 Å². The lowest BCUT2D eigenvalue weighted by Gasteiger charge is -2.34. The van der Waals surface area contributed by atoms with Crippen molar-refractivity contribution in [2.45, 2.75) is 338 Å². The molecule has 1 rings (SSSR count). The van der Waals surface area contributed by atoms with Crippen LogP contribution in [0.2, 0.25) is 0 Å². The van der Waals surface area contributed by atoms with E-state index in [1.165, 1.54) is 0 Å². The second-order valence-electron chi connectivity index (χ2n) is 34.9. The monoisotopic (exact) mass is 2010 g/mol. The molecule has 0 radical (unpaired) electrons. The van der Waals surface area contributed by atoms with E-state index < -0.39 is 327 Å². The number of rotatable bonds is 72. The largest absolute Gasteiger partial charge is 0.481 e. The fraction of sp³-hybridized carbons (Fsp3) is 0.736. The van der Waals surface area contributed by atoms with Crippen molar-refractivity contribution >= 4 is 136 Å². The number of likely N-dealkylation sites (tertiary alicyclic amines) is 1. The Kier molecular flexibility index (Phi) is 60.1. The molecule has 0 spiro atoms. The van der Waals surface area contributed by atoms with Crippen LogP contribution in [0.1, 0.15) is 223 Å². The van der Waals surface area contributed by atoms with E-state index in [0.29, 0.717) is 32.1 Å². The molecule has 0 aromatic heterocycles. The lowest BCUT2D eigenvalue weighted by Crippen LogP contribution is -2.62.